The highest BCUT2D eigenvalue weighted by atomic mass is 35.5. The lowest BCUT2D eigenvalue weighted by Crippen LogP contribution is -1.88. The third-order valence-electron chi connectivity index (χ3n) is 4.41. The first-order valence-electron chi connectivity index (χ1n) is 8.18. The van der Waals surface area contributed by atoms with Gasteiger partial charge in [0.1, 0.15) is 6.29 Å². The Bertz CT molecular complexity index is 937. The van der Waals surface area contributed by atoms with Crippen LogP contribution in [-0.2, 0) is 0 Å². The van der Waals surface area contributed by atoms with Crippen molar-refractivity contribution in [2.75, 3.05) is 0 Å². The van der Waals surface area contributed by atoms with Crippen LogP contribution in [0, 0.1) is 13.8 Å². The molecular weight excluding hydrogens is 328 g/mol. The fraction of sp³-hybridized carbons (Fsp3) is 0.0870. The van der Waals surface area contributed by atoms with Gasteiger partial charge in [-0.15, -0.1) is 0 Å². The van der Waals surface area contributed by atoms with Crippen LogP contribution >= 0.6 is 11.6 Å². The zero-order chi connectivity index (χ0) is 17.8. The van der Waals surface area contributed by atoms with Gasteiger partial charge in [0.15, 0.2) is 0 Å². The van der Waals surface area contributed by atoms with Crippen LogP contribution in [-0.4, -0.2) is 6.29 Å². The van der Waals surface area contributed by atoms with Crippen molar-refractivity contribution in [1.82, 2.24) is 0 Å². The highest BCUT2D eigenvalue weighted by Gasteiger charge is 2.05. The largest absolute Gasteiger partial charge is 0.298 e. The van der Waals surface area contributed by atoms with Gasteiger partial charge in [-0.05, 0) is 65.4 Å². The molecule has 0 saturated heterocycles. The zero-order valence-corrected chi connectivity index (χ0v) is 15.0. The van der Waals surface area contributed by atoms with Crippen LogP contribution in [0.5, 0.6) is 0 Å². The van der Waals surface area contributed by atoms with Gasteiger partial charge in [0.05, 0.1) is 0 Å². The maximum atomic E-state index is 11.0. The van der Waals surface area contributed by atoms with Crippen molar-refractivity contribution in [3.8, 4) is 11.1 Å². The lowest BCUT2D eigenvalue weighted by molar-refractivity contribution is 0.112. The molecule has 0 aliphatic rings. The van der Waals surface area contributed by atoms with Gasteiger partial charge in [-0.25, -0.2) is 0 Å². The molecule has 1 nitrogen and oxygen atoms in total. The van der Waals surface area contributed by atoms with Crippen molar-refractivity contribution < 1.29 is 4.79 Å². The number of hydrogen-bond donors (Lipinski definition) is 0. The predicted octanol–water partition coefficient (Wildman–Crippen LogP) is 6.61. The topological polar surface area (TPSA) is 17.1 Å². The van der Waals surface area contributed by atoms with E-state index in [1.165, 1.54) is 11.1 Å². The molecule has 0 radical (unpaired) electrons. The number of aldehydes is 1. The summed E-state index contributed by atoms with van der Waals surface area (Å²) in [6.45, 7) is 4.17. The quantitative estimate of drug-likeness (QED) is 0.384. The molecule has 0 aliphatic carbocycles. The Hall–Kier alpha value is -2.64. The van der Waals surface area contributed by atoms with E-state index in [2.05, 4.69) is 37.3 Å². The highest BCUT2D eigenvalue weighted by molar-refractivity contribution is 6.30. The molecule has 0 fully saturated rings. The Morgan fingerprint density at radius 2 is 1.56 bits per heavy atom. The minimum Gasteiger partial charge on any atom is -0.298 e. The van der Waals surface area contributed by atoms with Crippen molar-refractivity contribution in [1.29, 1.82) is 0 Å². The van der Waals surface area contributed by atoms with E-state index in [1.54, 1.807) is 0 Å². The first-order valence-corrected chi connectivity index (χ1v) is 8.56. The van der Waals surface area contributed by atoms with Gasteiger partial charge in [-0.2, -0.15) is 0 Å². The average Bonchev–Trinajstić information content (AvgIpc) is 2.63. The highest BCUT2D eigenvalue weighted by Crippen LogP contribution is 2.28. The van der Waals surface area contributed by atoms with Crippen LogP contribution in [0.4, 0.5) is 0 Å². The molecule has 3 aromatic rings. The Morgan fingerprint density at radius 1 is 0.840 bits per heavy atom. The van der Waals surface area contributed by atoms with Crippen molar-refractivity contribution in [2.24, 2.45) is 0 Å². The lowest BCUT2D eigenvalue weighted by Gasteiger charge is -2.10. The number of halogens is 1. The molecule has 3 aromatic carbocycles. The van der Waals surface area contributed by atoms with E-state index in [0.717, 1.165) is 33.6 Å². The second-order valence-electron chi connectivity index (χ2n) is 6.09. The molecule has 0 saturated carbocycles. The third kappa shape index (κ3) is 3.89. The first kappa shape index (κ1) is 17.2. The smallest absolute Gasteiger partial charge is 0.150 e. The molecule has 0 unspecified atom stereocenters. The summed E-state index contributed by atoms with van der Waals surface area (Å²) in [7, 11) is 0. The molecule has 0 amide bonds. The summed E-state index contributed by atoms with van der Waals surface area (Å²) in [6.07, 6.45) is 5.05. The van der Waals surface area contributed by atoms with Crippen LogP contribution in [0.15, 0.2) is 60.7 Å². The maximum absolute atomic E-state index is 11.0. The normalized spacial score (nSPS) is 11.0. The Balaban J connectivity index is 1.97. The predicted molar refractivity (Wildman–Crippen MR) is 107 cm³/mol. The second-order valence-corrected chi connectivity index (χ2v) is 6.53. The monoisotopic (exact) mass is 346 g/mol. The van der Waals surface area contributed by atoms with Gasteiger partial charge in [-0.3, -0.25) is 4.79 Å². The third-order valence-corrected chi connectivity index (χ3v) is 4.66. The van der Waals surface area contributed by atoms with Crippen LogP contribution < -0.4 is 0 Å². The summed E-state index contributed by atoms with van der Waals surface area (Å²) in [5.74, 6) is 0. The molecule has 2 heteroatoms. The Kier molecular flexibility index (Phi) is 5.16. The van der Waals surface area contributed by atoms with Gasteiger partial charge in [0.2, 0.25) is 0 Å². The van der Waals surface area contributed by atoms with E-state index in [1.807, 2.05) is 49.4 Å². The second kappa shape index (κ2) is 7.50. The molecule has 0 aliphatic heterocycles. The summed E-state index contributed by atoms with van der Waals surface area (Å²) in [5.41, 5.74) is 7.60. The average molecular weight is 347 g/mol. The molecule has 0 atom stereocenters. The van der Waals surface area contributed by atoms with E-state index in [9.17, 15) is 4.79 Å². The fourth-order valence-corrected chi connectivity index (χ4v) is 2.99. The summed E-state index contributed by atoms with van der Waals surface area (Å²) in [4.78, 5) is 11.0. The number of benzene rings is 3. The van der Waals surface area contributed by atoms with E-state index >= 15 is 0 Å². The number of aryl methyl sites for hydroxylation is 1. The van der Waals surface area contributed by atoms with Crippen molar-refractivity contribution in [3.63, 3.8) is 0 Å². The van der Waals surface area contributed by atoms with Crippen molar-refractivity contribution in [2.45, 2.75) is 13.8 Å². The summed E-state index contributed by atoms with van der Waals surface area (Å²) in [6, 6.07) is 19.9. The minimum atomic E-state index is 0.692. The van der Waals surface area contributed by atoms with E-state index in [-0.39, 0.29) is 0 Å². The summed E-state index contributed by atoms with van der Waals surface area (Å²) in [5, 5.41) is 0.739. The molecule has 0 heterocycles. The number of carbonyl (C=O) groups excluding carboxylic acids is 1. The van der Waals surface area contributed by atoms with E-state index < -0.39 is 0 Å². The molecule has 0 N–H and O–H groups in total. The first-order chi connectivity index (χ1) is 12.1. The Morgan fingerprint density at radius 3 is 2.28 bits per heavy atom. The van der Waals surface area contributed by atoms with Gasteiger partial charge in [0.25, 0.3) is 0 Å². The van der Waals surface area contributed by atoms with E-state index in [0.29, 0.717) is 5.56 Å². The lowest BCUT2D eigenvalue weighted by atomic mass is 9.95. The van der Waals surface area contributed by atoms with Crippen molar-refractivity contribution in [3.05, 3.63) is 93.5 Å². The van der Waals surface area contributed by atoms with Crippen molar-refractivity contribution >= 4 is 30.0 Å². The van der Waals surface area contributed by atoms with Gasteiger partial charge in [0, 0.05) is 10.6 Å². The maximum Gasteiger partial charge on any atom is 0.150 e. The molecule has 0 aromatic heterocycles. The van der Waals surface area contributed by atoms with Gasteiger partial charge in [-0.1, -0.05) is 66.2 Å². The molecule has 0 bridgehead atoms. The summed E-state index contributed by atoms with van der Waals surface area (Å²) >= 11 is 5.99. The van der Waals surface area contributed by atoms with Crippen LogP contribution in [0.2, 0.25) is 5.02 Å². The fourth-order valence-electron chi connectivity index (χ4n) is 2.87. The van der Waals surface area contributed by atoms with Crippen LogP contribution in [0.3, 0.4) is 0 Å². The zero-order valence-electron chi connectivity index (χ0n) is 14.3. The molecule has 124 valence electrons. The summed E-state index contributed by atoms with van der Waals surface area (Å²) < 4.78 is 0. The number of hydrogen-bond acceptors (Lipinski definition) is 1. The van der Waals surface area contributed by atoms with Crippen LogP contribution in [0.1, 0.15) is 32.6 Å². The molecule has 25 heavy (non-hydrogen) atoms. The Labute approximate surface area is 153 Å². The van der Waals surface area contributed by atoms with Gasteiger partial charge >= 0.3 is 0 Å². The van der Waals surface area contributed by atoms with Gasteiger partial charge < -0.3 is 0 Å². The molecular formula is C23H19ClO. The number of rotatable bonds is 4. The SMILES string of the molecule is Cc1ccc(C=O)cc1/C=C/c1cccc(-c2ccc(Cl)cc2)c1C. The number of carbonyl (C=O) groups is 1. The minimum absolute atomic E-state index is 0.692. The van der Waals surface area contributed by atoms with Crippen LogP contribution in [0.25, 0.3) is 23.3 Å². The van der Waals surface area contributed by atoms with E-state index in [4.69, 9.17) is 11.6 Å². The molecule has 3 rings (SSSR count). The standard InChI is InChI=1S/C23H19ClO/c1-16-6-7-18(15-25)14-21(16)9-8-19-4-3-5-23(17(19)2)20-10-12-22(24)13-11-20/h3-15H,1-2H3/b9-8+. The molecule has 0 spiro atoms.